The molecule has 0 amide bonds. The average Bonchev–Trinajstić information content (AvgIpc) is 2.78. The van der Waals surface area contributed by atoms with Gasteiger partial charge < -0.3 is 9.88 Å². The number of anilines is 1. The summed E-state index contributed by atoms with van der Waals surface area (Å²) < 4.78 is 0. The topological polar surface area (TPSA) is 75.1 Å². The normalized spacial score (nSPS) is 10.8. The van der Waals surface area contributed by atoms with Gasteiger partial charge >= 0.3 is 0 Å². The summed E-state index contributed by atoms with van der Waals surface area (Å²) in [6, 6.07) is 4.58. The Bertz CT molecular complexity index is 569. The summed E-state index contributed by atoms with van der Waals surface area (Å²) >= 11 is 5.72. The van der Waals surface area contributed by atoms with Crippen molar-refractivity contribution in [2.45, 2.75) is 6.92 Å². The third-order valence-corrected chi connectivity index (χ3v) is 2.87. The number of nitro groups is 1. The molecule has 1 aromatic heterocycles. The Kier molecular flexibility index (Phi) is 3.66. The molecule has 0 aliphatic heterocycles. The van der Waals surface area contributed by atoms with Crippen LogP contribution in [0.5, 0.6) is 0 Å². The fourth-order valence-electron chi connectivity index (χ4n) is 1.76. The zero-order chi connectivity index (χ0) is 13.1. The van der Waals surface area contributed by atoms with Crippen LogP contribution in [0.4, 0.5) is 11.6 Å². The molecule has 2 rings (SSSR count). The van der Waals surface area contributed by atoms with Crippen LogP contribution in [0, 0.1) is 10.1 Å². The first-order valence-corrected chi connectivity index (χ1v) is 6.14. The zero-order valence-corrected chi connectivity index (χ0v) is 10.6. The van der Waals surface area contributed by atoms with Crippen LogP contribution in [0.1, 0.15) is 6.92 Å². The van der Waals surface area contributed by atoms with E-state index < -0.39 is 4.92 Å². The number of aromatic nitrogens is 2. The Morgan fingerprint density at radius 1 is 1.56 bits per heavy atom. The molecular formula is C11H13ClN4O2. The second-order valence-corrected chi connectivity index (χ2v) is 4.17. The fourth-order valence-corrected chi connectivity index (χ4v) is 1.97. The molecule has 18 heavy (non-hydrogen) atoms. The van der Waals surface area contributed by atoms with Gasteiger partial charge in [-0.05, 0) is 13.0 Å². The highest BCUT2D eigenvalue weighted by molar-refractivity contribution is 6.18. The molecule has 0 fully saturated rings. The standard InChI is InChI=1S/C11H13ClN4O2/c1-2-15(6-5-12)11-13-9-4-3-8(16(17)18)7-10(9)14-11/h3-4,7H,2,5-6H2,1H3,(H,13,14). The number of rotatable bonds is 5. The van der Waals surface area contributed by atoms with Crippen molar-refractivity contribution in [1.82, 2.24) is 9.97 Å². The molecule has 1 heterocycles. The summed E-state index contributed by atoms with van der Waals surface area (Å²) in [7, 11) is 0. The number of aromatic amines is 1. The van der Waals surface area contributed by atoms with Gasteiger partial charge in [0.2, 0.25) is 5.95 Å². The van der Waals surface area contributed by atoms with Crippen molar-refractivity contribution < 1.29 is 4.92 Å². The minimum atomic E-state index is -0.420. The number of non-ortho nitro benzene ring substituents is 1. The molecule has 7 heteroatoms. The molecular weight excluding hydrogens is 256 g/mol. The first-order chi connectivity index (χ1) is 8.65. The van der Waals surface area contributed by atoms with E-state index in [1.54, 1.807) is 6.07 Å². The van der Waals surface area contributed by atoms with Gasteiger partial charge in [-0.15, -0.1) is 11.6 Å². The molecule has 1 N–H and O–H groups in total. The van der Waals surface area contributed by atoms with Gasteiger partial charge in [-0.2, -0.15) is 0 Å². The number of halogens is 1. The second kappa shape index (κ2) is 5.22. The van der Waals surface area contributed by atoms with Crippen molar-refractivity contribution in [2.75, 3.05) is 23.9 Å². The molecule has 2 aromatic rings. The molecule has 0 unspecified atom stereocenters. The van der Waals surface area contributed by atoms with Gasteiger partial charge in [0.15, 0.2) is 0 Å². The molecule has 0 saturated heterocycles. The van der Waals surface area contributed by atoms with Crippen LogP contribution in [0.2, 0.25) is 0 Å². The van der Waals surface area contributed by atoms with E-state index in [9.17, 15) is 10.1 Å². The number of H-pyrrole nitrogens is 1. The number of imidazole rings is 1. The first kappa shape index (κ1) is 12.6. The molecule has 0 radical (unpaired) electrons. The van der Waals surface area contributed by atoms with Gasteiger partial charge in [-0.1, -0.05) is 0 Å². The predicted molar refractivity (Wildman–Crippen MR) is 71.4 cm³/mol. The average molecular weight is 269 g/mol. The van der Waals surface area contributed by atoms with Gasteiger partial charge in [0.25, 0.3) is 5.69 Å². The summed E-state index contributed by atoms with van der Waals surface area (Å²) in [5, 5.41) is 10.7. The Morgan fingerprint density at radius 2 is 2.33 bits per heavy atom. The number of benzene rings is 1. The molecule has 1 aromatic carbocycles. The van der Waals surface area contributed by atoms with Crippen LogP contribution in [0.15, 0.2) is 18.2 Å². The van der Waals surface area contributed by atoms with Gasteiger partial charge in [0.1, 0.15) is 0 Å². The maximum absolute atomic E-state index is 10.7. The summed E-state index contributed by atoms with van der Waals surface area (Å²) in [4.78, 5) is 19.7. The lowest BCUT2D eigenvalue weighted by atomic mass is 10.3. The maximum atomic E-state index is 10.7. The van der Waals surface area contributed by atoms with Crippen molar-refractivity contribution >= 4 is 34.3 Å². The number of alkyl halides is 1. The smallest absolute Gasteiger partial charge is 0.271 e. The lowest BCUT2D eigenvalue weighted by Gasteiger charge is -2.17. The number of hydrogen-bond acceptors (Lipinski definition) is 4. The quantitative estimate of drug-likeness (QED) is 0.514. The van der Waals surface area contributed by atoms with Crippen molar-refractivity contribution in [3.63, 3.8) is 0 Å². The summed E-state index contributed by atoms with van der Waals surface area (Å²) in [5.41, 5.74) is 1.42. The van der Waals surface area contributed by atoms with Gasteiger partial charge in [0, 0.05) is 31.1 Å². The van der Waals surface area contributed by atoms with Crippen molar-refractivity contribution in [3.8, 4) is 0 Å². The lowest BCUT2D eigenvalue weighted by molar-refractivity contribution is -0.384. The highest BCUT2D eigenvalue weighted by atomic mass is 35.5. The largest absolute Gasteiger partial charge is 0.341 e. The van der Waals surface area contributed by atoms with E-state index in [1.165, 1.54) is 12.1 Å². The molecule has 96 valence electrons. The van der Waals surface area contributed by atoms with Crippen molar-refractivity contribution in [2.24, 2.45) is 0 Å². The highest BCUT2D eigenvalue weighted by Gasteiger charge is 2.12. The first-order valence-electron chi connectivity index (χ1n) is 5.60. The minimum absolute atomic E-state index is 0.0538. The number of nitro benzene ring substituents is 1. The third-order valence-electron chi connectivity index (χ3n) is 2.70. The van der Waals surface area contributed by atoms with Crippen LogP contribution in [0.3, 0.4) is 0 Å². The summed E-state index contributed by atoms with van der Waals surface area (Å²) in [5.74, 6) is 1.19. The zero-order valence-electron chi connectivity index (χ0n) is 9.89. The molecule has 0 aliphatic carbocycles. The van der Waals surface area contributed by atoms with Crippen LogP contribution in [-0.2, 0) is 0 Å². The summed E-state index contributed by atoms with van der Waals surface area (Å²) in [6.45, 7) is 3.46. The molecule has 0 aliphatic rings. The van der Waals surface area contributed by atoms with E-state index >= 15 is 0 Å². The SMILES string of the molecule is CCN(CCCl)c1nc2ccc([N+](=O)[O-])cc2[nH]1. The maximum Gasteiger partial charge on any atom is 0.271 e. The van der Waals surface area contributed by atoms with E-state index in [4.69, 9.17) is 11.6 Å². The molecule has 6 nitrogen and oxygen atoms in total. The van der Waals surface area contributed by atoms with Gasteiger partial charge in [0.05, 0.1) is 16.0 Å². The van der Waals surface area contributed by atoms with E-state index in [1.807, 2.05) is 11.8 Å². The lowest BCUT2D eigenvalue weighted by Crippen LogP contribution is -2.25. The van der Waals surface area contributed by atoms with Crippen molar-refractivity contribution in [1.29, 1.82) is 0 Å². The van der Waals surface area contributed by atoms with Crippen LogP contribution in [-0.4, -0.2) is 33.9 Å². The number of hydrogen-bond donors (Lipinski definition) is 1. The van der Waals surface area contributed by atoms with E-state index in [-0.39, 0.29) is 5.69 Å². The Balaban J connectivity index is 2.40. The monoisotopic (exact) mass is 268 g/mol. The van der Waals surface area contributed by atoms with Crippen molar-refractivity contribution in [3.05, 3.63) is 28.3 Å². The van der Waals surface area contributed by atoms with E-state index in [2.05, 4.69) is 9.97 Å². The Morgan fingerprint density at radius 3 is 2.94 bits per heavy atom. The van der Waals surface area contributed by atoms with Crippen LogP contribution >= 0.6 is 11.6 Å². The number of nitrogens with one attached hydrogen (secondary N) is 1. The molecule has 0 spiro atoms. The molecule has 0 atom stereocenters. The molecule has 0 bridgehead atoms. The third kappa shape index (κ3) is 2.38. The highest BCUT2D eigenvalue weighted by Crippen LogP contribution is 2.22. The Labute approximate surface area is 109 Å². The van der Waals surface area contributed by atoms with E-state index in [0.717, 1.165) is 6.54 Å². The fraction of sp³-hybridized carbons (Fsp3) is 0.364. The van der Waals surface area contributed by atoms with Gasteiger partial charge in [-0.25, -0.2) is 4.98 Å². The van der Waals surface area contributed by atoms with Crippen LogP contribution in [0.25, 0.3) is 11.0 Å². The minimum Gasteiger partial charge on any atom is -0.341 e. The predicted octanol–water partition coefficient (Wildman–Crippen LogP) is 2.54. The number of fused-ring (bicyclic) bond motifs is 1. The van der Waals surface area contributed by atoms with Crippen LogP contribution < -0.4 is 4.90 Å². The van der Waals surface area contributed by atoms with Gasteiger partial charge in [-0.3, -0.25) is 10.1 Å². The van der Waals surface area contributed by atoms with E-state index in [0.29, 0.717) is 29.4 Å². The molecule has 0 saturated carbocycles. The number of nitrogens with zero attached hydrogens (tertiary/aromatic N) is 3. The summed E-state index contributed by atoms with van der Waals surface area (Å²) in [6.07, 6.45) is 0. The Hall–Kier alpha value is -1.82. The second-order valence-electron chi connectivity index (χ2n) is 3.79.